The van der Waals surface area contributed by atoms with E-state index in [1.54, 1.807) is 0 Å². The lowest BCUT2D eigenvalue weighted by molar-refractivity contribution is 0.0462. The third-order valence-electron chi connectivity index (χ3n) is 5.53. The topological polar surface area (TPSA) is 51.4 Å². The number of halogens is 1. The fraction of sp³-hybridized carbons (Fsp3) is 0.526. The van der Waals surface area contributed by atoms with Gasteiger partial charge in [-0.2, -0.15) is 0 Å². The van der Waals surface area contributed by atoms with Crippen LogP contribution in [0, 0.1) is 12.8 Å². The van der Waals surface area contributed by atoms with Crippen LogP contribution in [-0.2, 0) is 4.74 Å². The largest absolute Gasteiger partial charge is 0.376 e. The van der Waals surface area contributed by atoms with Gasteiger partial charge in [-0.1, -0.05) is 11.6 Å². The van der Waals surface area contributed by atoms with Crippen LogP contribution in [0.3, 0.4) is 0 Å². The van der Waals surface area contributed by atoms with E-state index in [9.17, 15) is 0 Å². The van der Waals surface area contributed by atoms with Gasteiger partial charge in [0.1, 0.15) is 0 Å². The summed E-state index contributed by atoms with van der Waals surface area (Å²) in [7, 11) is 0. The van der Waals surface area contributed by atoms with E-state index in [0.717, 1.165) is 55.1 Å². The molecule has 0 saturated carbocycles. The molecule has 2 aromatic rings. The lowest BCUT2D eigenvalue weighted by Gasteiger charge is -2.37. The molecule has 0 spiro atoms. The van der Waals surface area contributed by atoms with Crippen molar-refractivity contribution in [1.29, 1.82) is 0 Å². The zero-order valence-electron chi connectivity index (χ0n) is 14.0. The predicted octanol–water partition coefficient (Wildman–Crippen LogP) is 3.53. The number of fused-ring (bicyclic) bond motifs is 1. The highest BCUT2D eigenvalue weighted by Gasteiger charge is 2.34. The van der Waals surface area contributed by atoms with E-state index < -0.39 is 0 Å². The highest BCUT2D eigenvalue weighted by molar-refractivity contribution is 6.32. The van der Waals surface area contributed by atoms with Crippen molar-refractivity contribution in [3.05, 3.63) is 35.0 Å². The molecule has 3 heterocycles. The molecule has 0 aliphatic carbocycles. The monoisotopic (exact) mass is 345 g/mol. The van der Waals surface area contributed by atoms with E-state index in [0.29, 0.717) is 5.92 Å². The van der Waals surface area contributed by atoms with Crippen LogP contribution in [0.15, 0.2) is 24.4 Å². The van der Waals surface area contributed by atoms with Crippen LogP contribution >= 0.6 is 11.6 Å². The minimum atomic E-state index is 0.216. The molecule has 128 valence electrons. The molecule has 0 bridgehead atoms. The van der Waals surface area contributed by atoms with E-state index in [-0.39, 0.29) is 12.1 Å². The summed E-state index contributed by atoms with van der Waals surface area (Å²) >= 11 is 6.25. The Bertz CT molecular complexity index is 743. The van der Waals surface area contributed by atoms with E-state index in [1.165, 1.54) is 11.1 Å². The van der Waals surface area contributed by atoms with Crippen molar-refractivity contribution in [2.75, 3.05) is 24.6 Å². The molecule has 2 N–H and O–H groups in total. The molecule has 4 nitrogen and oxygen atoms in total. The smallest absolute Gasteiger partial charge is 0.0756 e. The van der Waals surface area contributed by atoms with Crippen molar-refractivity contribution < 1.29 is 4.74 Å². The number of pyridine rings is 1. The molecule has 2 fully saturated rings. The van der Waals surface area contributed by atoms with Crippen molar-refractivity contribution in [3.63, 3.8) is 0 Å². The van der Waals surface area contributed by atoms with Crippen LogP contribution in [0.5, 0.6) is 0 Å². The Kier molecular flexibility index (Phi) is 4.37. The van der Waals surface area contributed by atoms with E-state index in [4.69, 9.17) is 22.1 Å². The molecule has 0 radical (unpaired) electrons. The number of rotatable bonds is 2. The summed E-state index contributed by atoms with van der Waals surface area (Å²) in [6.45, 7) is 4.95. The Morgan fingerprint density at radius 2 is 2.04 bits per heavy atom. The Hall–Kier alpha value is -1.36. The zero-order chi connectivity index (χ0) is 16.7. The molecule has 1 aromatic heterocycles. The van der Waals surface area contributed by atoms with Crippen LogP contribution in [0.1, 0.15) is 24.8 Å². The second kappa shape index (κ2) is 6.51. The van der Waals surface area contributed by atoms with Gasteiger partial charge in [0.25, 0.3) is 0 Å². The van der Waals surface area contributed by atoms with Crippen LogP contribution in [-0.4, -0.2) is 36.8 Å². The fourth-order valence-corrected chi connectivity index (χ4v) is 4.28. The molecule has 2 aliphatic rings. The standard InChI is InChI=1S/C19H24ClN3O/c1-12-10-14-17(11-15(12)20)22-6-2-18(14)23-7-3-13(4-8-23)19-16(21)5-9-24-19/h2,6,10-11,13,16,19H,3-5,7-9,21H2,1H3/t16-,19+/m1/s1. The Morgan fingerprint density at radius 3 is 2.75 bits per heavy atom. The second-order valence-corrected chi connectivity index (χ2v) is 7.47. The van der Waals surface area contributed by atoms with Crippen LogP contribution in [0.25, 0.3) is 10.9 Å². The molecular weight excluding hydrogens is 322 g/mol. The SMILES string of the molecule is Cc1cc2c(N3CCC([C@@H]4OCC[C@H]4N)CC3)ccnc2cc1Cl. The maximum atomic E-state index is 6.25. The molecule has 4 rings (SSSR count). The van der Waals surface area contributed by atoms with Gasteiger partial charge in [-0.3, -0.25) is 4.98 Å². The van der Waals surface area contributed by atoms with Crippen molar-refractivity contribution in [2.24, 2.45) is 11.7 Å². The van der Waals surface area contributed by atoms with Gasteiger partial charge in [0, 0.05) is 48.0 Å². The first kappa shape index (κ1) is 16.1. The Morgan fingerprint density at radius 1 is 1.25 bits per heavy atom. The van der Waals surface area contributed by atoms with Crippen molar-refractivity contribution in [3.8, 4) is 0 Å². The summed E-state index contributed by atoms with van der Waals surface area (Å²) in [5.41, 5.74) is 9.52. The number of ether oxygens (including phenoxy) is 1. The molecule has 2 atom stereocenters. The maximum Gasteiger partial charge on any atom is 0.0756 e. The minimum absolute atomic E-state index is 0.216. The van der Waals surface area contributed by atoms with Crippen molar-refractivity contribution in [2.45, 2.75) is 38.3 Å². The number of aryl methyl sites for hydroxylation is 1. The van der Waals surface area contributed by atoms with Gasteiger partial charge in [0.15, 0.2) is 0 Å². The molecule has 2 saturated heterocycles. The van der Waals surface area contributed by atoms with Crippen LogP contribution < -0.4 is 10.6 Å². The van der Waals surface area contributed by atoms with Crippen LogP contribution in [0.2, 0.25) is 5.02 Å². The Balaban J connectivity index is 1.55. The van der Waals surface area contributed by atoms with Gasteiger partial charge < -0.3 is 15.4 Å². The molecule has 0 amide bonds. The molecule has 1 aromatic carbocycles. The zero-order valence-corrected chi connectivity index (χ0v) is 14.8. The summed E-state index contributed by atoms with van der Waals surface area (Å²) < 4.78 is 5.88. The average molecular weight is 346 g/mol. The van der Waals surface area contributed by atoms with Gasteiger partial charge in [0.2, 0.25) is 0 Å². The molecule has 5 heteroatoms. The highest BCUT2D eigenvalue weighted by Crippen LogP contribution is 2.34. The predicted molar refractivity (Wildman–Crippen MR) is 98.8 cm³/mol. The first-order chi connectivity index (χ1) is 11.6. The van der Waals surface area contributed by atoms with Gasteiger partial charge in [-0.25, -0.2) is 0 Å². The van der Waals surface area contributed by atoms with E-state index in [2.05, 4.69) is 22.0 Å². The Labute approximate surface area is 147 Å². The average Bonchev–Trinajstić information content (AvgIpc) is 3.02. The number of benzene rings is 1. The summed E-state index contributed by atoms with van der Waals surface area (Å²) in [5, 5.41) is 1.96. The third kappa shape index (κ3) is 2.87. The number of anilines is 1. The van der Waals surface area contributed by atoms with E-state index >= 15 is 0 Å². The number of hydrogen-bond acceptors (Lipinski definition) is 4. The first-order valence-electron chi connectivity index (χ1n) is 8.80. The van der Waals surface area contributed by atoms with Gasteiger partial charge >= 0.3 is 0 Å². The summed E-state index contributed by atoms with van der Waals surface area (Å²) in [6.07, 6.45) is 5.40. The molecular formula is C19H24ClN3O. The number of piperidine rings is 1. The fourth-order valence-electron chi connectivity index (χ4n) is 4.12. The number of nitrogens with zero attached hydrogens (tertiary/aromatic N) is 2. The normalized spacial score (nSPS) is 25.5. The van der Waals surface area contributed by atoms with Gasteiger partial charge in [-0.15, -0.1) is 0 Å². The van der Waals surface area contributed by atoms with E-state index in [1.807, 2.05) is 19.2 Å². The molecule has 0 unspecified atom stereocenters. The summed E-state index contributed by atoms with van der Waals surface area (Å²) in [5.74, 6) is 0.586. The quantitative estimate of drug-likeness (QED) is 0.904. The lowest BCUT2D eigenvalue weighted by Crippen LogP contribution is -2.43. The first-order valence-corrected chi connectivity index (χ1v) is 9.18. The summed E-state index contributed by atoms with van der Waals surface area (Å²) in [4.78, 5) is 6.95. The lowest BCUT2D eigenvalue weighted by atomic mass is 9.87. The van der Waals surface area contributed by atoms with Crippen LogP contribution in [0.4, 0.5) is 5.69 Å². The van der Waals surface area contributed by atoms with Crippen molar-refractivity contribution >= 4 is 28.2 Å². The van der Waals surface area contributed by atoms with Crippen molar-refractivity contribution in [1.82, 2.24) is 4.98 Å². The minimum Gasteiger partial charge on any atom is -0.376 e. The third-order valence-corrected chi connectivity index (χ3v) is 5.93. The highest BCUT2D eigenvalue weighted by atomic mass is 35.5. The molecule has 2 aliphatic heterocycles. The van der Waals surface area contributed by atoms with Gasteiger partial charge in [0.05, 0.1) is 11.6 Å². The number of hydrogen-bond donors (Lipinski definition) is 1. The molecule has 24 heavy (non-hydrogen) atoms. The number of aromatic nitrogens is 1. The number of nitrogens with two attached hydrogens (primary N) is 1. The maximum absolute atomic E-state index is 6.25. The van der Waals surface area contributed by atoms with Gasteiger partial charge in [-0.05, 0) is 55.9 Å². The summed E-state index contributed by atoms with van der Waals surface area (Å²) in [6, 6.07) is 6.46. The second-order valence-electron chi connectivity index (χ2n) is 7.06.